The van der Waals surface area contributed by atoms with Gasteiger partial charge in [0.2, 0.25) is 10.0 Å². The van der Waals surface area contributed by atoms with Crippen molar-refractivity contribution in [2.45, 2.75) is 12.8 Å². The molecule has 28 heavy (non-hydrogen) atoms. The van der Waals surface area contributed by atoms with E-state index in [0.717, 1.165) is 0 Å². The molecule has 1 aliphatic heterocycles. The second kappa shape index (κ2) is 8.85. The van der Waals surface area contributed by atoms with Gasteiger partial charge >= 0.3 is 0 Å². The molecule has 1 saturated heterocycles. The van der Waals surface area contributed by atoms with E-state index in [-0.39, 0.29) is 17.7 Å². The number of thiophene rings is 1. The van der Waals surface area contributed by atoms with Crippen molar-refractivity contribution >= 4 is 38.9 Å². The van der Waals surface area contributed by atoms with Crippen molar-refractivity contribution in [3.8, 4) is 0 Å². The zero-order valence-electron chi connectivity index (χ0n) is 15.6. The van der Waals surface area contributed by atoms with E-state index >= 15 is 0 Å². The molecule has 0 spiro atoms. The van der Waals surface area contributed by atoms with Crippen LogP contribution in [0, 0.1) is 5.92 Å². The molecule has 2 heterocycles. The van der Waals surface area contributed by atoms with Gasteiger partial charge in [-0.25, -0.2) is 12.7 Å². The highest BCUT2D eigenvalue weighted by atomic mass is 32.2. The first-order chi connectivity index (χ1) is 13.3. The Morgan fingerprint density at radius 1 is 1.11 bits per heavy atom. The summed E-state index contributed by atoms with van der Waals surface area (Å²) in [6.45, 7) is 1.43. The van der Waals surface area contributed by atoms with Gasteiger partial charge in [0.05, 0.1) is 22.4 Å². The van der Waals surface area contributed by atoms with Crippen molar-refractivity contribution < 1.29 is 18.0 Å². The van der Waals surface area contributed by atoms with Crippen LogP contribution in [0.15, 0.2) is 41.8 Å². The number of hydrogen-bond acceptors (Lipinski definition) is 5. The monoisotopic (exact) mass is 421 g/mol. The van der Waals surface area contributed by atoms with Crippen molar-refractivity contribution in [2.75, 3.05) is 31.2 Å². The van der Waals surface area contributed by atoms with E-state index in [1.165, 1.54) is 21.9 Å². The van der Waals surface area contributed by atoms with Crippen LogP contribution in [0.1, 0.15) is 32.9 Å². The zero-order chi connectivity index (χ0) is 20.1. The van der Waals surface area contributed by atoms with Crippen LogP contribution in [0.25, 0.3) is 0 Å². The highest BCUT2D eigenvalue weighted by Crippen LogP contribution is 2.20. The maximum Gasteiger partial charge on any atom is 0.265 e. The Morgan fingerprint density at radius 2 is 1.82 bits per heavy atom. The van der Waals surface area contributed by atoms with Crippen LogP contribution in [-0.4, -0.2) is 50.4 Å². The highest BCUT2D eigenvalue weighted by molar-refractivity contribution is 7.88. The van der Waals surface area contributed by atoms with E-state index in [4.69, 9.17) is 0 Å². The van der Waals surface area contributed by atoms with Gasteiger partial charge in [0, 0.05) is 19.6 Å². The molecule has 1 aromatic heterocycles. The summed E-state index contributed by atoms with van der Waals surface area (Å²) in [6.07, 6.45) is 2.64. The fraction of sp³-hybridized carbons (Fsp3) is 0.368. The number of anilines is 1. The Morgan fingerprint density at radius 3 is 2.46 bits per heavy atom. The molecule has 0 atom stereocenters. The van der Waals surface area contributed by atoms with Crippen molar-refractivity contribution in [1.29, 1.82) is 0 Å². The average Bonchev–Trinajstić information content (AvgIpc) is 3.21. The number of amides is 2. The van der Waals surface area contributed by atoms with Gasteiger partial charge in [-0.1, -0.05) is 18.2 Å². The molecule has 0 radical (unpaired) electrons. The molecule has 2 N–H and O–H groups in total. The number of benzene rings is 1. The number of sulfonamides is 1. The van der Waals surface area contributed by atoms with Crippen molar-refractivity contribution in [1.82, 2.24) is 9.62 Å². The number of piperidine rings is 1. The van der Waals surface area contributed by atoms with Crippen LogP contribution in [-0.2, 0) is 10.0 Å². The third kappa shape index (κ3) is 5.18. The van der Waals surface area contributed by atoms with Crippen LogP contribution >= 0.6 is 11.3 Å². The summed E-state index contributed by atoms with van der Waals surface area (Å²) < 4.78 is 24.6. The van der Waals surface area contributed by atoms with E-state index in [9.17, 15) is 18.0 Å². The maximum absolute atomic E-state index is 12.6. The summed E-state index contributed by atoms with van der Waals surface area (Å²) in [5, 5.41) is 7.53. The van der Waals surface area contributed by atoms with Crippen molar-refractivity contribution in [3.05, 3.63) is 52.2 Å². The predicted molar refractivity (Wildman–Crippen MR) is 110 cm³/mol. The molecule has 3 rings (SSSR count). The normalized spacial score (nSPS) is 15.9. The van der Waals surface area contributed by atoms with E-state index in [1.807, 2.05) is 5.38 Å². The molecule has 9 heteroatoms. The summed E-state index contributed by atoms with van der Waals surface area (Å²) >= 11 is 1.34. The maximum atomic E-state index is 12.6. The number of carbonyl (C=O) groups excluding carboxylic acids is 2. The fourth-order valence-electron chi connectivity index (χ4n) is 3.16. The lowest BCUT2D eigenvalue weighted by Gasteiger charge is -2.30. The molecule has 2 aromatic rings. The molecule has 0 unspecified atom stereocenters. The number of para-hydroxylation sites is 1. The minimum Gasteiger partial charge on any atom is -0.352 e. The van der Waals surface area contributed by atoms with Gasteiger partial charge in [0.1, 0.15) is 0 Å². The minimum absolute atomic E-state index is 0.231. The summed E-state index contributed by atoms with van der Waals surface area (Å²) in [7, 11) is -3.15. The zero-order valence-corrected chi connectivity index (χ0v) is 17.2. The standard InChI is InChI=1S/C19H23N3O4S2/c1-28(25,26)22-10-8-14(9-11-22)13-20-18(23)15-5-2-3-6-16(15)21-19(24)17-7-4-12-27-17/h2-7,12,14H,8-11,13H2,1H3,(H,20,23)(H,21,24). The van der Waals surface area contributed by atoms with Crippen LogP contribution in [0.3, 0.4) is 0 Å². The van der Waals surface area contributed by atoms with Gasteiger partial charge in [0.25, 0.3) is 11.8 Å². The van der Waals surface area contributed by atoms with Gasteiger partial charge in [0.15, 0.2) is 0 Å². The number of nitrogens with one attached hydrogen (secondary N) is 2. The molecule has 0 saturated carbocycles. The van der Waals surface area contributed by atoms with Gasteiger partial charge in [-0.3, -0.25) is 9.59 Å². The molecule has 1 aliphatic rings. The molecule has 1 fully saturated rings. The Balaban J connectivity index is 1.57. The second-order valence-corrected chi connectivity index (χ2v) is 9.72. The molecule has 0 bridgehead atoms. The SMILES string of the molecule is CS(=O)(=O)N1CCC(CNC(=O)c2ccccc2NC(=O)c2cccs2)CC1. The number of hydrogen-bond donors (Lipinski definition) is 2. The van der Waals surface area contributed by atoms with Gasteiger partial charge in [-0.15, -0.1) is 11.3 Å². The minimum atomic E-state index is -3.15. The van der Waals surface area contributed by atoms with E-state index in [2.05, 4.69) is 10.6 Å². The van der Waals surface area contributed by atoms with E-state index in [0.29, 0.717) is 48.6 Å². The van der Waals surface area contributed by atoms with Gasteiger partial charge < -0.3 is 10.6 Å². The van der Waals surface area contributed by atoms with Crippen LogP contribution in [0.4, 0.5) is 5.69 Å². The number of rotatable bonds is 6. The first-order valence-corrected chi connectivity index (χ1v) is 11.7. The van der Waals surface area contributed by atoms with Crippen molar-refractivity contribution in [2.24, 2.45) is 5.92 Å². The van der Waals surface area contributed by atoms with Crippen LogP contribution in [0.2, 0.25) is 0 Å². The molecular formula is C19H23N3O4S2. The summed E-state index contributed by atoms with van der Waals surface area (Å²) in [5.74, 6) is -0.272. The third-order valence-electron chi connectivity index (χ3n) is 4.76. The molecule has 1 aromatic carbocycles. The predicted octanol–water partition coefficient (Wildman–Crippen LogP) is 2.40. The van der Waals surface area contributed by atoms with Crippen LogP contribution < -0.4 is 10.6 Å². The fourth-order valence-corrected chi connectivity index (χ4v) is 4.65. The highest BCUT2D eigenvalue weighted by Gasteiger charge is 2.25. The summed E-state index contributed by atoms with van der Waals surface area (Å²) in [6, 6.07) is 10.4. The first-order valence-electron chi connectivity index (χ1n) is 9.02. The quantitative estimate of drug-likeness (QED) is 0.749. The number of nitrogens with zero attached hydrogens (tertiary/aromatic N) is 1. The molecule has 7 nitrogen and oxygen atoms in total. The van der Waals surface area contributed by atoms with Crippen molar-refractivity contribution in [3.63, 3.8) is 0 Å². The Kier molecular flexibility index (Phi) is 6.48. The van der Waals surface area contributed by atoms with E-state index < -0.39 is 10.0 Å². The Hall–Kier alpha value is -2.23. The number of carbonyl (C=O) groups is 2. The largest absolute Gasteiger partial charge is 0.352 e. The van der Waals surface area contributed by atoms with E-state index in [1.54, 1.807) is 36.4 Å². The lowest BCUT2D eigenvalue weighted by molar-refractivity contribution is 0.0942. The molecule has 150 valence electrons. The van der Waals surface area contributed by atoms with Crippen LogP contribution in [0.5, 0.6) is 0 Å². The average molecular weight is 422 g/mol. The molecule has 2 amide bonds. The Bertz CT molecular complexity index is 934. The Labute approximate surface area is 168 Å². The summed E-state index contributed by atoms with van der Waals surface area (Å²) in [4.78, 5) is 25.5. The summed E-state index contributed by atoms with van der Waals surface area (Å²) in [5.41, 5.74) is 0.867. The molecular weight excluding hydrogens is 398 g/mol. The first kappa shape index (κ1) is 20.5. The second-order valence-electron chi connectivity index (χ2n) is 6.79. The topological polar surface area (TPSA) is 95.6 Å². The van der Waals surface area contributed by atoms with Gasteiger partial charge in [-0.05, 0) is 42.3 Å². The smallest absolute Gasteiger partial charge is 0.265 e. The lowest BCUT2D eigenvalue weighted by Crippen LogP contribution is -2.41. The third-order valence-corrected chi connectivity index (χ3v) is 6.93. The lowest BCUT2D eigenvalue weighted by atomic mass is 9.98. The van der Waals surface area contributed by atoms with Gasteiger partial charge in [-0.2, -0.15) is 0 Å². The molecule has 0 aliphatic carbocycles.